The predicted octanol–water partition coefficient (Wildman–Crippen LogP) is 2.59. The van der Waals surface area contributed by atoms with Gasteiger partial charge in [0.1, 0.15) is 0 Å². The first kappa shape index (κ1) is 13.7. The molecule has 0 radical (unpaired) electrons. The second kappa shape index (κ2) is 5.58. The molecule has 0 unspecified atom stereocenters. The first-order chi connectivity index (χ1) is 9.66. The molecule has 20 heavy (non-hydrogen) atoms. The third kappa shape index (κ3) is 2.48. The number of nitrogens with one attached hydrogen (secondary N) is 1. The number of hydrogen-bond acceptors (Lipinski definition) is 2. The molecule has 1 N–H and O–H groups in total. The second-order valence-corrected chi connectivity index (χ2v) is 6.07. The molecular weight excluding hydrogens is 246 g/mol. The number of nitrogens with zero attached hydrogens (tertiary/aromatic N) is 2. The summed E-state index contributed by atoms with van der Waals surface area (Å²) in [7, 11) is 2.17. The number of benzene rings is 1. The van der Waals surface area contributed by atoms with E-state index in [-0.39, 0.29) is 0 Å². The fraction of sp³-hybridized carbons (Fsp3) is 0.529. The highest BCUT2D eigenvalue weighted by Crippen LogP contribution is 2.28. The number of aromatic nitrogens is 1. The van der Waals surface area contributed by atoms with E-state index in [1.807, 2.05) is 0 Å². The van der Waals surface area contributed by atoms with Crippen molar-refractivity contribution in [3.8, 4) is 0 Å². The van der Waals surface area contributed by atoms with Crippen molar-refractivity contribution in [1.29, 1.82) is 0 Å². The van der Waals surface area contributed by atoms with Gasteiger partial charge in [0.15, 0.2) is 0 Å². The maximum Gasteiger partial charge on any atom is 0.0513 e. The van der Waals surface area contributed by atoms with E-state index >= 15 is 0 Å². The minimum atomic E-state index is 1.07. The first-order valence-electron chi connectivity index (χ1n) is 7.64. The van der Waals surface area contributed by atoms with Gasteiger partial charge >= 0.3 is 0 Å². The zero-order chi connectivity index (χ0) is 14.1. The van der Waals surface area contributed by atoms with Crippen LogP contribution < -0.4 is 5.32 Å². The molecule has 2 heterocycles. The average Bonchev–Trinajstić information content (AvgIpc) is 2.62. The standard InChI is InChI=1S/C17H25N3/c1-13-5-6-14(2)17-16(13)15(11-19(17)3)12-20-9-4-7-18-8-10-20/h5-6,11,18H,4,7-10,12H2,1-3H3. The zero-order valence-corrected chi connectivity index (χ0v) is 12.9. The van der Waals surface area contributed by atoms with E-state index in [2.05, 4.69) is 54.0 Å². The van der Waals surface area contributed by atoms with Gasteiger partial charge in [-0.3, -0.25) is 4.90 Å². The van der Waals surface area contributed by atoms with Crippen LogP contribution in [0.15, 0.2) is 18.3 Å². The van der Waals surface area contributed by atoms with Gasteiger partial charge in [0.25, 0.3) is 0 Å². The fourth-order valence-corrected chi connectivity index (χ4v) is 3.44. The van der Waals surface area contributed by atoms with Gasteiger partial charge in [-0.15, -0.1) is 0 Å². The lowest BCUT2D eigenvalue weighted by molar-refractivity contribution is 0.285. The van der Waals surface area contributed by atoms with Crippen molar-refractivity contribution in [1.82, 2.24) is 14.8 Å². The van der Waals surface area contributed by atoms with Gasteiger partial charge in [0.2, 0.25) is 0 Å². The minimum absolute atomic E-state index is 1.07. The fourth-order valence-electron chi connectivity index (χ4n) is 3.44. The highest BCUT2D eigenvalue weighted by atomic mass is 15.2. The Labute approximate surface area is 121 Å². The maximum absolute atomic E-state index is 3.48. The van der Waals surface area contributed by atoms with Crippen LogP contribution in [0.3, 0.4) is 0 Å². The molecule has 1 fully saturated rings. The van der Waals surface area contributed by atoms with Gasteiger partial charge in [-0.05, 0) is 50.0 Å². The largest absolute Gasteiger partial charge is 0.350 e. The molecule has 3 nitrogen and oxygen atoms in total. The monoisotopic (exact) mass is 271 g/mol. The molecule has 1 aliphatic heterocycles. The van der Waals surface area contributed by atoms with Gasteiger partial charge in [-0.1, -0.05) is 12.1 Å². The molecule has 0 amide bonds. The average molecular weight is 271 g/mol. The lowest BCUT2D eigenvalue weighted by Gasteiger charge is -2.19. The molecule has 108 valence electrons. The Bertz CT molecular complexity index is 604. The normalized spacial score (nSPS) is 17.6. The lowest BCUT2D eigenvalue weighted by Crippen LogP contribution is -2.27. The SMILES string of the molecule is Cc1ccc(C)c2c1c(CN1CCCNCC1)cn2C. The van der Waals surface area contributed by atoms with Crippen LogP contribution in [0.1, 0.15) is 23.1 Å². The van der Waals surface area contributed by atoms with Crippen molar-refractivity contribution in [2.45, 2.75) is 26.8 Å². The molecule has 1 aromatic carbocycles. The van der Waals surface area contributed by atoms with Gasteiger partial charge < -0.3 is 9.88 Å². The maximum atomic E-state index is 3.48. The Morgan fingerprint density at radius 1 is 1.10 bits per heavy atom. The Balaban J connectivity index is 1.97. The summed E-state index contributed by atoms with van der Waals surface area (Å²) in [6, 6.07) is 4.49. The van der Waals surface area contributed by atoms with Crippen LogP contribution in [0.2, 0.25) is 0 Å². The lowest BCUT2D eigenvalue weighted by atomic mass is 10.0. The van der Waals surface area contributed by atoms with Crippen LogP contribution in [0.5, 0.6) is 0 Å². The summed E-state index contributed by atoms with van der Waals surface area (Å²) in [5, 5.41) is 4.94. The van der Waals surface area contributed by atoms with Crippen molar-refractivity contribution in [2.75, 3.05) is 26.2 Å². The van der Waals surface area contributed by atoms with Gasteiger partial charge in [-0.2, -0.15) is 0 Å². The van der Waals surface area contributed by atoms with E-state index in [0.29, 0.717) is 0 Å². The smallest absolute Gasteiger partial charge is 0.0513 e. The molecule has 3 rings (SSSR count). The Kier molecular flexibility index (Phi) is 3.81. The van der Waals surface area contributed by atoms with E-state index in [1.165, 1.54) is 40.6 Å². The molecule has 1 aliphatic rings. The van der Waals surface area contributed by atoms with Crippen LogP contribution in [0.4, 0.5) is 0 Å². The van der Waals surface area contributed by atoms with Crippen LogP contribution in [0, 0.1) is 13.8 Å². The van der Waals surface area contributed by atoms with Crippen LogP contribution in [-0.4, -0.2) is 35.6 Å². The van der Waals surface area contributed by atoms with E-state index < -0.39 is 0 Å². The summed E-state index contributed by atoms with van der Waals surface area (Å²) >= 11 is 0. The Morgan fingerprint density at radius 2 is 1.90 bits per heavy atom. The molecule has 0 aliphatic carbocycles. The Hall–Kier alpha value is -1.32. The highest BCUT2D eigenvalue weighted by Gasteiger charge is 2.15. The van der Waals surface area contributed by atoms with E-state index in [1.54, 1.807) is 0 Å². The molecule has 0 spiro atoms. The molecule has 0 bridgehead atoms. The molecule has 0 atom stereocenters. The first-order valence-corrected chi connectivity index (χ1v) is 7.64. The van der Waals surface area contributed by atoms with Crippen LogP contribution >= 0.6 is 0 Å². The predicted molar refractivity (Wildman–Crippen MR) is 85.2 cm³/mol. The summed E-state index contributed by atoms with van der Waals surface area (Å²) in [6.07, 6.45) is 3.58. The van der Waals surface area contributed by atoms with Crippen LogP contribution in [0.25, 0.3) is 10.9 Å². The molecule has 1 saturated heterocycles. The zero-order valence-electron chi connectivity index (χ0n) is 12.9. The quantitative estimate of drug-likeness (QED) is 0.906. The summed E-state index contributed by atoms with van der Waals surface area (Å²) in [4.78, 5) is 2.58. The highest BCUT2D eigenvalue weighted by molar-refractivity contribution is 5.89. The summed E-state index contributed by atoms with van der Waals surface area (Å²) in [5.41, 5.74) is 5.64. The third-order valence-corrected chi connectivity index (χ3v) is 4.44. The molecule has 0 saturated carbocycles. The van der Waals surface area contributed by atoms with Crippen molar-refractivity contribution in [2.24, 2.45) is 7.05 Å². The van der Waals surface area contributed by atoms with Gasteiger partial charge in [-0.25, -0.2) is 0 Å². The third-order valence-electron chi connectivity index (χ3n) is 4.44. The molecular formula is C17H25N3. The molecule has 3 heteroatoms. The molecule has 2 aromatic rings. The summed E-state index contributed by atoms with van der Waals surface area (Å²) in [6.45, 7) is 10.1. The van der Waals surface area contributed by atoms with Crippen molar-refractivity contribution >= 4 is 10.9 Å². The van der Waals surface area contributed by atoms with Gasteiger partial charge in [0, 0.05) is 38.3 Å². The van der Waals surface area contributed by atoms with E-state index in [9.17, 15) is 0 Å². The van der Waals surface area contributed by atoms with E-state index in [4.69, 9.17) is 0 Å². The second-order valence-electron chi connectivity index (χ2n) is 6.07. The number of rotatable bonds is 2. The topological polar surface area (TPSA) is 20.2 Å². The van der Waals surface area contributed by atoms with Crippen molar-refractivity contribution in [3.63, 3.8) is 0 Å². The van der Waals surface area contributed by atoms with E-state index in [0.717, 1.165) is 26.2 Å². The number of fused-ring (bicyclic) bond motifs is 1. The summed E-state index contributed by atoms with van der Waals surface area (Å²) < 4.78 is 2.29. The van der Waals surface area contributed by atoms with Crippen LogP contribution in [-0.2, 0) is 13.6 Å². The number of hydrogen-bond donors (Lipinski definition) is 1. The number of aryl methyl sites for hydroxylation is 3. The molecule has 1 aromatic heterocycles. The van der Waals surface area contributed by atoms with Crippen molar-refractivity contribution < 1.29 is 0 Å². The minimum Gasteiger partial charge on any atom is -0.350 e. The summed E-state index contributed by atoms with van der Waals surface area (Å²) in [5.74, 6) is 0. The van der Waals surface area contributed by atoms with Crippen molar-refractivity contribution in [3.05, 3.63) is 35.0 Å². The Morgan fingerprint density at radius 3 is 2.75 bits per heavy atom. The van der Waals surface area contributed by atoms with Gasteiger partial charge in [0.05, 0.1) is 5.52 Å².